The molecule has 0 spiro atoms. The molecule has 0 aliphatic heterocycles. The zero-order chi connectivity index (χ0) is 10.0. The van der Waals surface area contributed by atoms with E-state index in [0.29, 0.717) is 8.04 Å². The normalized spacial score (nSPS) is 10.9. The Labute approximate surface area is 95.6 Å². The van der Waals surface area contributed by atoms with Crippen LogP contribution in [0.2, 0.25) is 0 Å². The molecule has 1 N–H and O–H groups in total. The monoisotopic (exact) mass is 363 g/mol. The van der Waals surface area contributed by atoms with Gasteiger partial charge in [0.1, 0.15) is 5.69 Å². The molecule has 2 nitrogen and oxygen atoms in total. The molecule has 1 aromatic heterocycles. The molecule has 0 bridgehead atoms. The summed E-state index contributed by atoms with van der Waals surface area (Å²) in [5, 5.41) is 8.87. The van der Waals surface area contributed by atoms with Gasteiger partial charge in [-0.3, -0.25) is 4.98 Å². The van der Waals surface area contributed by atoms with Gasteiger partial charge < -0.3 is 5.11 Å². The van der Waals surface area contributed by atoms with Crippen LogP contribution in [0.5, 0.6) is 0 Å². The molecule has 0 aliphatic carbocycles. The maximum atomic E-state index is 12.3. The fraction of sp³-hybridized carbons (Fsp3) is 0.286. The second-order valence-electron chi connectivity index (χ2n) is 2.24. The van der Waals surface area contributed by atoms with Crippen molar-refractivity contribution in [2.24, 2.45) is 0 Å². The Kier molecular flexibility index (Phi) is 3.99. The molecule has 0 saturated heterocycles. The van der Waals surface area contributed by atoms with Crippen molar-refractivity contribution < 1.29 is 13.9 Å². The van der Waals surface area contributed by atoms with Crippen LogP contribution in [0.1, 0.15) is 17.7 Å². The number of halogens is 4. The SMILES string of the molecule is OCc1c(C(F)F)ncc(Br)c1I. The first kappa shape index (κ1) is 11.3. The minimum Gasteiger partial charge on any atom is -0.392 e. The summed E-state index contributed by atoms with van der Waals surface area (Å²) >= 11 is 5.03. The molecule has 0 radical (unpaired) electrons. The van der Waals surface area contributed by atoms with Gasteiger partial charge in [-0.25, -0.2) is 8.78 Å². The van der Waals surface area contributed by atoms with Crippen LogP contribution >= 0.6 is 38.5 Å². The van der Waals surface area contributed by atoms with Gasteiger partial charge in [0.05, 0.1) is 6.61 Å². The third kappa shape index (κ3) is 2.35. The average molecular weight is 364 g/mol. The summed E-state index contributed by atoms with van der Waals surface area (Å²) in [5.74, 6) is 0. The van der Waals surface area contributed by atoms with Crippen molar-refractivity contribution in [3.05, 3.63) is 25.5 Å². The lowest BCUT2D eigenvalue weighted by Gasteiger charge is -2.08. The van der Waals surface area contributed by atoms with Gasteiger partial charge in [0.2, 0.25) is 0 Å². The zero-order valence-corrected chi connectivity index (χ0v) is 10.0. The first-order valence-electron chi connectivity index (χ1n) is 3.29. The van der Waals surface area contributed by atoms with E-state index in [9.17, 15) is 8.78 Å². The Morgan fingerprint density at radius 2 is 2.23 bits per heavy atom. The van der Waals surface area contributed by atoms with E-state index in [2.05, 4.69) is 20.9 Å². The molecule has 0 fully saturated rings. The van der Waals surface area contributed by atoms with Crippen LogP contribution in [-0.4, -0.2) is 10.1 Å². The quantitative estimate of drug-likeness (QED) is 0.819. The Bertz CT molecular complexity index is 322. The van der Waals surface area contributed by atoms with Crippen molar-refractivity contribution in [2.75, 3.05) is 0 Å². The predicted octanol–water partition coefficient (Wildman–Crippen LogP) is 2.88. The first-order chi connectivity index (χ1) is 6.07. The summed E-state index contributed by atoms with van der Waals surface area (Å²) < 4.78 is 25.9. The standard InChI is InChI=1S/C7H5BrF2INO/c8-4-1-12-6(7(9)10)3(2-13)5(4)11/h1,7,13H,2H2. The van der Waals surface area contributed by atoms with Crippen LogP contribution in [0, 0.1) is 3.57 Å². The van der Waals surface area contributed by atoms with E-state index in [1.807, 2.05) is 22.6 Å². The van der Waals surface area contributed by atoms with E-state index in [1.54, 1.807) is 0 Å². The molecule has 0 saturated carbocycles. The predicted molar refractivity (Wildman–Crippen MR) is 55.5 cm³/mol. The molecular formula is C7H5BrF2INO. The molecule has 0 unspecified atom stereocenters. The number of aliphatic hydroxyl groups excluding tert-OH is 1. The summed E-state index contributed by atoms with van der Waals surface area (Å²) in [7, 11) is 0. The van der Waals surface area contributed by atoms with E-state index in [1.165, 1.54) is 6.20 Å². The smallest absolute Gasteiger partial charge is 0.280 e. The Morgan fingerprint density at radius 3 is 2.69 bits per heavy atom. The highest BCUT2D eigenvalue weighted by molar-refractivity contribution is 14.1. The van der Waals surface area contributed by atoms with Gasteiger partial charge in [0, 0.05) is 19.8 Å². The number of rotatable bonds is 2. The average Bonchev–Trinajstić information content (AvgIpc) is 2.09. The lowest BCUT2D eigenvalue weighted by Crippen LogP contribution is -2.01. The second kappa shape index (κ2) is 4.61. The summed E-state index contributed by atoms with van der Waals surface area (Å²) in [6, 6.07) is 0. The van der Waals surface area contributed by atoms with Gasteiger partial charge >= 0.3 is 0 Å². The van der Waals surface area contributed by atoms with E-state index in [4.69, 9.17) is 5.11 Å². The number of hydrogen-bond donors (Lipinski definition) is 1. The molecule has 1 rings (SSSR count). The van der Waals surface area contributed by atoms with Crippen LogP contribution in [-0.2, 0) is 6.61 Å². The van der Waals surface area contributed by atoms with Crippen LogP contribution in [0.3, 0.4) is 0 Å². The highest BCUT2D eigenvalue weighted by Crippen LogP contribution is 2.29. The third-order valence-corrected chi connectivity index (χ3v) is 4.04. The van der Waals surface area contributed by atoms with E-state index < -0.39 is 13.0 Å². The molecular weight excluding hydrogens is 359 g/mol. The molecule has 0 aromatic carbocycles. The number of pyridine rings is 1. The highest BCUT2D eigenvalue weighted by Gasteiger charge is 2.17. The number of alkyl halides is 2. The lowest BCUT2D eigenvalue weighted by atomic mass is 10.2. The topological polar surface area (TPSA) is 33.1 Å². The second-order valence-corrected chi connectivity index (χ2v) is 4.18. The minimum absolute atomic E-state index is 0.185. The third-order valence-electron chi connectivity index (χ3n) is 1.47. The van der Waals surface area contributed by atoms with E-state index >= 15 is 0 Å². The Balaban J connectivity index is 3.30. The molecule has 0 aliphatic rings. The number of aliphatic hydroxyl groups is 1. The Hall–Kier alpha value is 0.180. The molecule has 0 atom stereocenters. The van der Waals surface area contributed by atoms with Crippen molar-refractivity contribution >= 4 is 38.5 Å². The van der Waals surface area contributed by atoms with Crippen LogP contribution in [0.25, 0.3) is 0 Å². The maximum absolute atomic E-state index is 12.3. The minimum atomic E-state index is -2.65. The number of nitrogens with zero attached hydrogens (tertiary/aromatic N) is 1. The van der Waals surface area contributed by atoms with Crippen LogP contribution in [0.15, 0.2) is 10.7 Å². The van der Waals surface area contributed by atoms with Gasteiger partial charge in [0.25, 0.3) is 6.43 Å². The van der Waals surface area contributed by atoms with Crippen molar-refractivity contribution in [2.45, 2.75) is 13.0 Å². The van der Waals surface area contributed by atoms with Gasteiger partial charge in [-0.05, 0) is 38.5 Å². The zero-order valence-electron chi connectivity index (χ0n) is 6.27. The van der Waals surface area contributed by atoms with E-state index in [-0.39, 0.29) is 11.3 Å². The molecule has 1 heterocycles. The largest absolute Gasteiger partial charge is 0.392 e. The van der Waals surface area contributed by atoms with Gasteiger partial charge in [-0.15, -0.1) is 0 Å². The van der Waals surface area contributed by atoms with Gasteiger partial charge in [-0.2, -0.15) is 0 Å². The van der Waals surface area contributed by atoms with Crippen LogP contribution < -0.4 is 0 Å². The maximum Gasteiger partial charge on any atom is 0.280 e. The van der Waals surface area contributed by atoms with Gasteiger partial charge in [0.15, 0.2) is 0 Å². The first-order valence-corrected chi connectivity index (χ1v) is 5.17. The van der Waals surface area contributed by atoms with E-state index in [0.717, 1.165) is 0 Å². The molecule has 0 amide bonds. The number of aromatic nitrogens is 1. The van der Waals surface area contributed by atoms with Crippen molar-refractivity contribution in [3.63, 3.8) is 0 Å². The Morgan fingerprint density at radius 1 is 1.62 bits per heavy atom. The highest BCUT2D eigenvalue weighted by atomic mass is 127. The van der Waals surface area contributed by atoms with Crippen LogP contribution in [0.4, 0.5) is 8.78 Å². The van der Waals surface area contributed by atoms with Crippen molar-refractivity contribution in [1.82, 2.24) is 4.98 Å². The summed E-state index contributed by atoms with van der Waals surface area (Å²) in [4.78, 5) is 3.55. The summed E-state index contributed by atoms with van der Waals surface area (Å²) in [5.41, 5.74) is -0.167. The summed E-state index contributed by atoms with van der Waals surface area (Å²) in [6.07, 6.45) is -1.34. The van der Waals surface area contributed by atoms with Crippen molar-refractivity contribution in [1.29, 1.82) is 0 Å². The molecule has 1 aromatic rings. The molecule has 6 heteroatoms. The molecule has 13 heavy (non-hydrogen) atoms. The number of hydrogen-bond acceptors (Lipinski definition) is 2. The fourth-order valence-corrected chi connectivity index (χ4v) is 1.78. The summed E-state index contributed by atoms with van der Waals surface area (Å²) in [6.45, 7) is -0.426. The molecule has 72 valence electrons. The van der Waals surface area contributed by atoms with Gasteiger partial charge in [-0.1, -0.05) is 0 Å². The fourth-order valence-electron chi connectivity index (χ4n) is 0.856. The van der Waals surface area contributed by atoms with Crippen molar-refractivity contribution in [3.8, 4) is 0 Å². The lowest BCUT2D eigenvalue weighted by molar-refractivity contribution is 0.141.